The fourth-order valence-corrected chi connectivity index (χ4v) is 7.88. The summed E-state index contributed by atoms with van der Waals surface area (Å²) in [7, 11) is -16.0. The number of rotatable bonds is 15. The van der Waals surface area contributed by atoms with Gasteiger partial charge in [-0.1, -0.05) is 6.92 Å². The van der Waals surface area contributed by atoms with Crippen molar-refractivity contribution in [3.8, 4) is 22.9 Å². The number of sulfone groups is 1. The highest BCUT2D eigenvalue weighted by molar-refractivity contribution is 8.04. The maximum atomic E-state index is 13.0. The number of anilines is 1. The lowest BCUT2D eigenvalue weighted by molar-refractivity contribution is -0.135. The van der Waals surface area contributed by atoms with E-state index in [1.807, 2.05) is 6.92 Å². The van der Waals surface area contributed by atoms with Crippen LogP contribution in [0.15, 0.2) is 94.6 Å². The maximum absolute atomic E-state index is 13.0. The standard InChI is InChI=1S/C30H30N6O15S5.H2O/c1-4-36(2)11-14-53(38,39)19-6-10-25(49-3)24(16-19)33-35-29-27(55(43,44)45)17-21-20(30(29)37)7-8-22(31)28(21)34-32-23-9-5-18(15-26(23)54(40,41)42)52-13-12-50-51-56(46,47)48;/h5-10,15-17,37H,4,11,14,31H2,1-3H3,(H,40,41,42)(H,43,44,45)(H,46,47,48);1H2. The van der Waals surface area contributed by atoms with Crippen LogP contribution in [-0.4, -0.2) is 95.8 Å². The molecular weight excluding hydrogens is 861 g/mol. The van der Waals surface area contributed by atoms with Crippen LogP contribution in [-0.2, 0) is 49.7 Å². The third-order valence-corrected chi connectivity index (χ3v) is 11.8. The highest BCUT2D eigenvalue weighted by atomic mass is 32.3. The molecule has 57 heavy (non-hydrogen) atoms. The first kappa shape index (κ1) is 46.4. The molecule has 27 heteroatoms. The lowest BCUT2D eigenvalue weighted by atomic mass is 10.1. The molecule has 0 aliphatic rings. The number of fused-ring (bicyclic) bond motifs is 1. The summed E-state index contributed by atoms with van der Waals surface area (Å²) in [6.45, 7) is 2.71. The molecule has 308 valence electrons. The van der Waals surface area contributed by atoms with Crippen LogP contribution in [0.25, 0.3) is 10.8 Å². The van der Waals surface area contributed by atoms with Gasteiger partial charge in [0.1, 0.15) is 38.3 Å². The van der Waals surface area contributed by atoms with Gasteiger partial charge < -0.3 is 26.0 Å². The van der Waals surface area contributed by atoms with Crippen molar-refractivity contribution in [2.75, 3.05) is 38.7 Å². The number of ether oxygens (including phenoxy) is 1. The van der Waals surface area contributed by atoms with Gasteiger partial charge in [0.25, 0.3) is 20.2 Å². The molecule has 0 amide bonds. The fourth-order valence-electron chi connectivity index (χ4n) is 4.53. The largest absolute Gasteiger partial charge is 0.505 e. The van der Waals surface area contributed by atoms with E-state index in [-0.39, 0.29) is 61.1 Å². The fraction of sp³-hybridized carbons (Fsp3) is 0.200. The van der Waals surface area contributed by atoms with Crippen molar-refractivity contribution >= 4 is 91.4 Å². The van der Waals surface area contributed by atoms with E-state index in [2.05, 4.69) is 34.9 Å². The molecule has 0 aromatic heterocycles. The van der Waals surface area contributed by atoms with Crippen LogP contribution in [0.3, 0.4) is 0 Å². The van der Waals surface area contributed by atoms with Crippen LogP contribution in [0, 0.1) is 11.4 Å². The molecule has 8 N–H and O–H groups in total. The average molecular weight is 893 g/mol. The lowest BCUT2D eigenvalue weighted by Gasteiger charge is -2.14. The Morgan fingerprint density at radius 1 is 0.807 bits per heavy atom. The number of hydrogen-bond donors (Lipinski definition) is 5. The number of azo groups is 2. The predicted octanol–water partition coefficient (Wildman–Crippen LogP) is 4.12. The van der Waals surface area contributed by atoms with Crippen LogP contribution in [0.1, 0.15) is 6.92 Å². The quantitative estimate of drug-likeness (QED) is 0.0213. The van der Waals surface area contributed by atoms with E-state index < -0.39 is 67.4 Å². The van der Waals surface area contributed by atoms with Gasteiger partial charge in [-0.25, -0.2) is 8.42 Å². The summed E-state index contributed by atoms with van der Waals surface area (Å²) in [5.41, 5.74) is 4.18. The van der Waals surface area contributed by atoms with Crippen molar-refractivity contribution in [2.45, 2.75) is 26.5 Å². The first-order chi connectivity index (χ1) is 26.1. The van der Waals surface area contributed by atoms with Gasteiger partial charge in [0.15, 0.2) is 21.7 Å². The van der Waals surface area contributed by atoms with Gasteiger partial charge in [-0.3, -0.25) is 18.5 Å². The first-order valence-electron chi connectivity index (χ1n) is 15.1. The summed E-state index contributed by atoms with van der Waals surface area (Å²) in [5.74, 6) is -1.05. The maximum Gasteiger partial charge on any atom is 0.433 e. The monoisotopic (exact) mass is 892 g/mol. The summed E-state index contributed by atoms with van der Waals surface area (Å²) in [6, 6.07) is 10.3. The molecule has 4 rings (SSSR count). The van der Waals surface area contributed by atoms with Gasteiger partial charge in [-0.05, 0) is 84.3 Å². The highest BCUT2D eigenvalue weighted by Crippen LogP contribution is 2.46. The van der Waals surface area contributed by atoms with Crippen LogP contribution in [0.5, 0.6) is 11.5 Å². The van der Waals surface area contributed by atoms with Gasteiger partial charge >= 0.3 is 10.4 Å². The molecular formula is C30H32N6O16S5. The number of nitrogen functional groups attached to an aromatic ring is 1. The Morgan fingerprint density at radius 3 is 2.07 bits per heavy atom. The second-order valence-electron chi connectivity index (χ2n) is 11.1. The summed E-state index contributed by atoms with van der Waals surface area (Å²) >= 11 is 0.575. The van der Waals surface area contributed by atoms with E-state index >= 15 is 0 Å². The SMILES string of the molecule is CCN(C)CCS(=O)(=O)c1ccc(OC)c(N=Nc2c(S(=O)(=O)O)cc3c(N=Nc4ccc(SC#COOS(=O)(=O)O)cc4S(=O)(=O)O)c(N)ccc3c2O)c1.O. The van der Waals surface area contributed by atoms with Gasteiger partial charge in [0, 0.05) is 27.5 Å². The second kappa shape index (κ2) is 18.5. The van der Waals surface area contributed by atoms with Crippen LogP contribution in [0.2, 0.25) is 0 Å². The van der Waals surface area contributed by atoms with Crippen LogP contribution < -0.4 is 10.5 Å². The Hall–Kier alpha value is -4.99. The molecule has 22 nitrogen and oxygen atoms in total. The van der Waals surface area contributed by atoms with Gasteiger partial charge in [0.05, 0.1) is 23.4 Å². The average Bonchev–Trinajstić information content (AvgIpc) is 3.11. The minimum absolute atomic E-state index is 0. The Balaban J connectivity index is 0.00000870. The van der Waals surface area contributed by atoms with E-state index in [9.17, 15) is 47.9 Å². The van der Waals surface area contributed by atoms with Gasteiger partial charge in [-0.15, -0.1) is 20.5 Å². The van der Waals surface area contributed by atoms with E-state index in [1.165, 1.54) is 37.4 Å². The number of phenolic OH excluding ortho intramolecular Hbond substituents is 1. The summed E-state index contributed by atoms with van der Waals surface area (Å²) in [6.07, 6.45) is 1.76. The topological polar surface area (TPSA) is 355 Å². The molecule has 0 unspecified atom stereocenters. The number of phenols is 1. The Kier molecular flexibility index (Phi) is 15.1. The predicted molar refractivity (Wildman–Crippen MR) is 204 cm³/mol. The smallest absolute Gasteiger partial charge is 0.433 e. The van der Waals surface area contributed by atoms with Gasteiger partial charge in [0.2, 0.25) is 0 Å². The van der Waals surface area contributed by atoms with Crippen molar-refractivity contribution in [2.24, 2.45) is 20.5 Å². The van der Waals surface area contributed by atoms with Crippen molar-refractivity contribution < 1.29 is 71.9 Å². The lowest BCUT2D eigenvalue weighted by Crippen LogP contribution is -2.25. The molecule has 4 aromatic rings. The number of nitrogens with two attached hydrogens (primary N) is 1. The molecule has 0 aliphatic heterocycles. The molecule has 0 saturated carbocycles. The Labute approximate surface area is 330 Å². The molecule has 0 saturated heterocycles. The normalized spacial score (nSPS) is 12.5. The molecule has 0 radical (unpaired) electrons. The highest BCUT2D eigenvalue weighted by Gasteiger charge is 2.25. The zero-order chi connectivity index (χ0) is 41.6. The number of benzene rings is 4. The molecule has 0 atom stereocenters. The zero-order valence-electron chi connectivity index (χ0n) is 29.5. The summed E-state index contributed by atoms with van der Waals surface area (Å²) in [5, 5.41) is 28.7. The minimum atomic E-state index is -5.21. The van der Waals surface area contributed by atoms with E-state index in [1.54, 1.807) is 18.1 Å². The number of hydrogen-bond acceptors (Lipinski definition) is 19. The van der Waals surface area contributed by atoms with Gasteiger partial charge in [-0.2, -0.15) is 25.3 Å². The Bertz CT molecular complexity index is 2750. The molecule has 0 fully saturated rings. The molecule has 0 bridgehead atoms. The van der Waals surface area contributed by atoms with E-state index in [0.717, 1.165) is 24.3 Å². The second-order valence-corrected chi connectivity index (χ2v) is 17.8. The van der Waals surface area contributed by atoms with Crippen molar-refractivity contribution in [3.63, 3.8) is 0 Å². The number of methoxy groups -OCH3 is 1. The number of thioether (sulfide) groups is 1. The minimum Gasteiger partial charge on any atom is -0.505 e. The van der Waals surface area contributed by atoms with Crippen molar-refractivity contribution in [1.29, 1.82) is 0 Å². The third kappa shape index (κ3) is 12.0. The zero-order valence-corrected chi connectivity index (χ0v) is 33.5. The van der Waals surface area contributed by atoms with Crippen LogP contribution in [0.4, 0.5) is 28.4 Å². The van der Waals surface area contributed by atoms with Crippen molar-refractivity contribution in [1.82, 2.24) is 4.90 Å². The van der Waals surface area contributed by atoms with E-state index in [0.29, 0.717) is 18.3 Å². The number of aromatic hydroxyl groups is 1. The third-order valence-electron chi connectivity index (χ3n) is 7.40. The molecule has 0 spiro atoms. The summed E-state index contributed by atoms with van der Waals surface area (Å²) in [4.78, 5) is 3.87. The molecule has 0 aliphatic carbocycles. The molecule has 4 aromatic carbocycles. The Morgan fingerprint density at radius 2 is 1.46 bits per heavy atom. The summed E-state index contributed by atoms with van der Waals surface area (Å²) < 4.78 is 134. The van der Waals surface area contributed by atoms with Crippen LogP contribution >= 0.6 is 11.8 Å². The molecule has 0 heterocycles. The van der Waals surface area contributed by atoms with E-state index in [4.69, 9.17) is 15.0 Å². The number of nitrogens with zero attached hydrogens (tertiary/aromatic N) is 5. The first-order valence-corrected chi connectivity index (χ1v) is 21.9. The van der Waals surface area contributed by atoms with Crippen molar-refractivity contribution in [3.05, 3.63) is 54.6 Å².